The summed E-state index contributed by atoms with van der Waals surface area (Å²) < 4.78 is 2.29. The molecule has 0 unspecified atom stereocenters. The molecule has 0 amide bonds. The summed E-state index contributed by atoms with van der Waals surface area (Å²) in [6.45, 7) is 1.77. The number of anilines is 1. The van der Waals surface area contributed by atoms with Crippen molar-refractivity contribution in [1.29, 1.82) is 0 Å². The molecule has 1 aliphatic heterocycles. The second-order valence-electron chi connectivity index (χ2n) is 6.78. The highest BCUT2D eigenvalue weighted by Crippen LogP contribution is 2.24. The first-order valence-electron chi connectivity index (χ1n) is 9.01. The molecule has 24 heavy (non-hydrogen) atoms. The summed E-state index contributed by atoms with van der Waals surface area (Å²) in [6, 6.07) is 6.50. The summed E-state index contributed by atoms with van der Waals surface area (Å²) in [5.41, 5.74) is 11.1. The van der Waals surface area contributed by atoms with E-state index in [0.29, 0.717) is 12.5 Å². The molecule has 5 nitrogen and oxygen atoms in total. The van der Waals surface area contributed by atoms with E-state index in [1.54, 1.807) is 0 Å². The van der Waals surface area contributed by atoms with Gasteiger partial charge >= 0.3 is 0 Å². The van der Waals surface area contributed by atoms with Crippen molar-refractivity contribution < 1.29 is 0 Å². The second kappa shape index (κ2) is 6.67. The van der Waals surface area contributed by atoms with Gasteiger partial charge in [0, 0.05) is 37.8 Å². The average molecular weight is 323 g/mol. The van der Waals surface area contributed by atoms with Crippen molar-refractivity contribution in [3.63, 3.8) is 0 Å². The molecule has 126 valence electrons. The lowest BCUT2D eigenvalue weighted by molar-refractivity contribution is 0.522. The number of hydrogen-bond donors (Lipinski definition) is 2. The molecular weight excluding hydrogens is 298 g/mol. The Labute approximate surface area is 143 Å². The monoisotopic (exact) mass is 323 g/mol. The SMILES string of the molecule is NC(=NCCc1cn2c(n1)CCCC2)Nc1ccc2c(c1)CCC2. The lowest BCUT2D eigenvalue weighted by Crippen LogP contribution is -2.23. The molecule has 0 saturated carbocycles. The molecule has 4 rings (SSSR count). The molecule has 0 fully saturated rings. The molecular formula is C19H25N5. The molecule has 2 heterocycles. The molecule has 1 aliphatic carbocycles. The van der Waals surface area contributed by atoms with Crippen LogP contribution < -0.4 is 11.1 Å². The largest absolute Gasteiger partial charge is 0.370 e. The van der Waals surface area contributed by atoms with Crippen LogP contribution in [0.25, 0.3) is 0 Å². The van der Waals surface area contributed by atoms with Crippen LogP contribution >= 0.6 is 0 Å². The van der Waals surface area contributed by atoms with Gasteiger partial charge in [-0.15, -0.1) is 0 Å². The number of hydrogen-bond acceptors (Lipinski definition) is 2. The van der Waals surface area contributed by atoms with Crippen molar-refractivity contribution in [1.82, 2.24) is 9.55 Å². The molecule has 1 aromatic heterocycles. The van der Waals surface area contributed by atoms with Gasteiger partial charge in [-0.2, -0.15) is 0 Å². The van der Waals surface area contributed by atoms with Gasteiger partial charge in [-0.25, -0.2) is 4.98 Å². The number of aryl methyl sites for hydroxylation is 4. The Balaban J connectivity index is 1.33. The number of nitrogens with zero attached hydrogens (tertiary/aromatic N) is 3. The first-order valence-corrected chi connectivity index (χ1v) is 9.01. The quantitative estimate of drug-likeness (QED) is 0.671. The van der Waals surface area contributed by atoms with E-state index >= 15 is 0 Å². The minimum atomic E-state index is 0.483. The van der Waals surface area contributed by atoms with Crippen LogP contribution in [0.2, 0.25) is 0 Å². The van der Waals surface area contributed by atoms with E-state index in [-0.39, 0.29) is 0 Å². The Bertz CT molecular complexity index is 736. The number of aromatic nitrogens is 2. The maximum Gasteiger partial charge on any atom is 0.193 e. The highest BCUT2D eigenvalue weighted by atomic mass is 15.1. The van der Waals surface area contributed by atoms with Crippen LogP contribution in [0.1, 0.15) is 41.9 Å². The number of nitrogens with two attached hydrogens (primary N) is 1. The highest BCUT2D eigenvalue weighted by molar-refractivity contribution is 5.92. The third-order valence-corrected chi connectivity index (χ3v) is 4.98. The van der Waals surface area contributed by atoms with Gasteiger partial charge in [0.15, 0.2) is 5.96 Å². The van der Waals surface area contributed by atoms with Crippen molar-refractivity contribution in [2.45, 2.75) is 51.5 Å². The Hall–Kier alpha value is -2.30. The predicted octanol–water partition coefficient (Wildman–Crippen LogP) is 2.68. The van der Waals surface area contributed by atoms with Crippen molar-refractivity contribution in [2.75, 3.05) is 11.9 Å². The lowest BCUT2D eigenvalue weighted by atomic mass is 10.1. The van der Waals surface area contributed by atoms with Crippen molar-refractivity contribution in [2.24, 2.45) is 10.7 Å². The topological polar surface area (TPSA) is 68.2 Å². The van der Waals surface area contributed by atoms with Gasteiger partial charge in [0.1, 0.15) is 5.82 Å². The van der Waals surface area contributed by atoms with Gasteiger partial charge in [-0.3, -0.25) is 4.99 Å². The van der Waals surface area contributed by atoms with E-state index in [2.05, 4.69) is 39.3 Å². The Morgan fingerprint density at radius 3 is 3.00 bits per heavy atom. The van der Waals surface area contributed by atoms with Crippen molar-refractivity contribution in [3.8, 4) is 0 Å². The number of nitrogens with one attached hydrogen (secondary N) is 1. The van der Waals surface area contributed by atoms with Crippen molar-refractivity contribution >= 4 is 11.6 Å². The molecule has 5 heteroatoms. The molecule has 0 saturated heterocycles. The molecule has 2 aliphatic rings. The van der Waals surface area contributed by atoms with Crippen LogP contribution in [-0.2, 0) is 32.2 Å². The van der Waals surface area contributed by atoms with Gasteiger partial charge in [0.25, 0.3) is 0 Å². The summed E-state index contributed by atoms with van der Waals surface area (Å²) in [6.07, 6.45) is 10.3. The highest BCUT2D eigenvalue weighted by Gasteiger charge is 2.12. The van der Waals surface area contributed by atoms with Gasteiger partial charge in [-0.05, 0) is 55.4 Å². The van der Waals surface area contributed by atoms with Gasteiger partial charge in [0.2, 0.25) is 0 Å². The van der Waals surface area contributed by atoms with E-state index in [0.717, 1.165) is 30.8 Å². The predicted molar refractivity (Wildman–Crippen MR) is 97.4 cm³/mol. The zero-order valence-electron chi connectivity index (χ0n) is 14.1. The zero-order chi connectivity index (χ0) is 16.4. The molecule has 0 radical (unpaired) electrons. The molecule has 2 aromatic rings. The molecule has 1 aromatic carbocycles. The maximum absolute atomic E-state index is 6.03. The first-order chi connectivity index (χ1) is 11.8. The van der Waals surface area contributed by atoms with Gasteiger partial charge < -0.3 is 15.6 Å². The summed E-state index contributed by atoms with van der Waals surface area (Å²) in [5.74, 6) is 1.71. The summed E-state index contributed by atoms with van der Waals surface area (Å²) >= 11 is 0. The van der Waals surface area contributed by atoms with E-state index in [1.165, 1.54) is 49.1 Å². The molecule has 0 bridgehead atoms. The first kappa shape index (κ1) is 15.2. The summed E-state index contributed by atoms with van der Waals surface area (Å²) in [4.78, 5) is 9.15. The Morgan fingerprint density at radius 2 is 2.08 bits per heavy atom. The van der Waals surface area contributed by atoms with Crippen LogP contribution in [-0.4, -0.2) is 22.1 Å². The smallest absolute Gasteiger partial charge is 0.193 e. The van der Waals surface area contributed by atoms with Crippen LogP contribution in [0.5, 0.6) is 0 Å². The fraction of sp³-hybridized carbons (Fsp3) is 0.474. The van der Waals surface area contributed by atoms with E-state index < -0.39 is 0 Å². The number of aliphatic imine (C=N–C) groups is 1. The van der Waals surface area contributed by atoms with Gasteiger partial charge in [0.05, 0.1) is 5.69 Å². The Morgan fingerprint density at radius 1 is 1.17 bits per heavy atom. The fourth-order valence-corrected chi connectivity index (χ4v) is 3.72. The normalized spacial score (nSPS) is 16.8. The van der Waals surface area contributed by atoms with Crippen LogP contribution in [0.15, 0.2) is 29.4 Å². The third kappa shape index (κ3) is 3.30. The number of guanidine groups is 1. The minimum Gasteiger partial charge on any atom is -0.370 e. The maximum atomic E-state index is 6.03. The standard InChI is InChI=1S/C19H25N5/c20-19(23-16-8-7-14-4-3-5-15(14)12-16)21-10-9-17-13-24-11-2-1-6-18(24)22-17/h7-8,12-13H,1-6,9-11H2,(H3,20,21,23). The third-order valence-electron chi connectivity index (χ3n) is 4.98. The minimum absolute atomic E-state index is 0.483. The summed E-state index contributed by atoms with van der Waals surface area (Å²) in [7, 11) is 0. The Kier molecular flexibility index (Phi) is 4.24. The van der Waals surface area contributed by atoms with E-state index in [4.69, 9.17) is 10.7 Å². The average Bonchev–Trinajstić information content (AvgIpc) is 3.20. The van der Waals surface area contributed by atoms with Crippen LogP contribution in [0, 0.1) is 0 Å². The van der Waals surface area contributed by atoms with E-state index in [9.17, 15) is 0 Å². The lowest BCUT2D eigenvalue weighted by Gasteiger charge is -2.11. The van der Waals surface area contributed by atoms with E-state index in [1.807, 2.05) is 0 Å². The molecule has 0 spiro atoms. The zero-order valence-corrected chi connectivity index (χ0v) is 14.1. The number of rotatable bonds is 4. The number of imidazole rings is 1. The fourth-order valence-electron chi connectivity index (χ4n) is 3.72. The van der Waals surface area contributed by atoms with Crippen LogP contribution in [0.4, 0.5) is 5.69 Å². The van der Waals surface area contributed by atoms with Crippen molar-refractivity contribution in [3.05, 3.63) is 47.0 Å². The van der Waals surface area contributed by atoms with Crippen LogP contribution in [0.3, 0.4) is 0 Å². The molecule has 3 N–H and O–H groups in total. The van der Waals surface area contributed by atoms with Gasteiger partial charge in [-0.1, -0.05) is 6.07 Å². The number of benzene rings is 1. The number of fused-ring (bicyclic) bond motifs is 2. The molecule has 0 atom stereocenters. The summed E-state index contributed by atoms with van der Waals surface area (Å²) in [5, 5.41) is 3.21. The second-order valence-corrected chi connectivity index (χ2v) is 6.78.